The fourth-order valence-corrected chi connectivity index (χ4v) is 1.99. The highest BCUT2D eigenvalue weighted by Crippen LogP contribution is 2.39. The summed E-state index contributed by atoms with van der Waals surface area (Å²) in [7, 11) is 3.21. The SMILES string of the molecule is CNCc1ccccc1Oc1cccc(OC)c1[N+](=O)[O-]. The van der Waals surface area contributed by atoms with Gasteiger partial charge < -0.3 is 14.8 Å². The molecule has 2 aromatic rings. The molecule has 0 spiro atoms. The average molecular weight is 288 g/mol. The van der Waals surface area contributed by atoms with E-state index in [1.165, 1.54) is 13.2 Å². The van der Waals surface area contributed by atoms with Crippen molar-refractivity contribution in [1.82, 2.24) is 5.32 Å². The Morgan fingerprint density at radius 3 is 2.43 bits per heavy atom. The molecule has 0 fully saturated rings. The Bertz CT molecular complexity index is 643. The van der Waals surface area contributed by atoms with Crippen LogP contribution in [0.1, 0.15) is 5.56 Å². The van der Waals surface area contributed by atoms with Crippen molar-refractivity contribution < 1.29 is 14.4 Å². The Balaban J connectivity index is 2.42. The summed E-state index contributed by atoms with van der Waals surface area (Å²) in [6.07, 6.45) is 0. The van der Waals surface area contributed by atoms with E-state index in [1.54, 1.807) is 18.2 Å². The number of nitrogens with zero attached hydrogens (tertiary/aromatic N) is 1. The second-order valence-corrected chi connectivity index (χ2v) is 4.30. The molecule has 0 heterocycles. The van der Waals surface area contributed by atoms with E-state index >= 15 is 0 Å². The third-order valence-electron chi connectivity index (χ3n) is 2.92. The maximum Gasteiger partial charge on any atom is 0.352 e. The number of nitro benzene ring substituents is 1. The van der Waals surface area contributed by atoms with Gasteiger partial charge in [0.05, 0.1) is 12.0 Å². The number of ether oxygens (including phenoxy) is 2. The summed E-state index contributed by atoms with van der Waals surface area (Å²) >= 11 is 0. The highest BCUT2D eigenvalue weighted by Gasteiger charge is 2.22. The minimum absolute atomic E-state index is 0.155. The Labute approximate surface area is 122 Å². The van der Waals surface area contributed by atoms with Crippen LogP contribution in [0.4, 0.5) is 5.69 Å². The first-order chi connectivity index (χ1) is 10.2. The number of para-hydroxylation sites is 2. The largest absolute Gasteiger partial charge is 0.490 e. The summed E-state index contributed by atoms with van der Waals surface area (Å²) in [5.74, 6) is 0.898. The molecular weight excluding hydrogens is 272 g/mol. The van der Waals surface area contributed by atoms with Gasteiger partial charge in [-0.05, 0) is 25.2 Å². The fraction of sp³-hybridized carbons (Fsp3) is 0.200. The van der Waals surface area contributed by atoms with Crippen molar-refractivity contribution in [2.24, 2.45) is 0 Å². The first-order valence-electron chi connectivity index (χ1n) is 6.39. The Hall–Kier alpha value is -2.60. The molecule has 0 bridgehead atoms. The molecule has 1 N–H and O–H groups in total. The van der Waals surface area contributed by atoms with Gasteiger partial charge in [0.15, 0.2) is 0 Å². The standard InChI is InChI=1S/C15H16N2O4/c1-16-10-11-6-3-4-7-12(11)21-14-9-5-8-13(20-2)15(14)17(18)19/h3-9,16H,10H2,1-2H3. The molecule has 21 heavy (non-hydrogen) atoms. The zero-order valence-corrected chi connectivity index (χ0v) is 11.8. The highest BCUT2D eigenvalue weighted by molar-refractivity contribution is 5.58. The van der Waals surface area contributed by atoms with Gasteiger partial charge >= 0.3 is 5.69 Å². The van der Waals surface area contributed by atoms with Crippen LogP contribution in [0.25, 0.3) is 0 Å². The summed E-state index contributed by atoms with van der Waals surface area (Å²) < 4.78 is 10.8. The lowest BCUT2D eigenvalue weighted by Gasteiger charge is -2.12. The lowest BCUT2D eigenvalue weighted by Crippen LogP contribution is -2.06. The molecular formula is C15H16N2O4. The second-order valence-electron chi connectivity index (χ2n) is 4.30. The maximum absolute atomic E-state index is 11.2. The van der Waals surface area contributed by atoms with Gasteiger partial charge in [-0.1, -0.05) is 24.3 Å². The number of rotatable bonds is 6. The highest BCUT2D eigenvalue weighted by atomic mass is 16.6. The maximum atomic E-state index is 11.2. The number of hydrogen-bond acceptors (Lipinski definition) is 5. The molecule has 0 saturated heterocycles. The molecule has 6 heteroatoms. The smallest absolute Gasteiger partial charge is 0.352 e. The number of nitro groups is 1. The van der Waals surface area contributed by atoms with Crippen molar-refractivity contribution in [3.8, 4) is 17.2 Å². The van der Waals surface area contributed by atoms with Crippen molar-refractivity contribution in [3.63, 3.8) is 0 Å². The van der Waals surface area contributed by atoms with E-state index in [1.807, 2.05) is 25.2 Å². The predicted molar refractivity (Wildman–Crippen MR) is 78.9 cm³/mol. The van der Waals surface area contributed by atoms with E-state index in [2.05, 4.69) is 5.32 Å². The normalized spacial score (nSPS) is 10.2. The predicted octanol–water partition coefficient (Wildman–Crippen LogP) is 3.12. The van der Waals surface area contributed by atoms with Gasteiger partial charge in [-0.25, -0.2) is 0 Å². The molecule has 2 aromatic carbocycles. The summed E-state index contributed by atoms with van der Waals surface area (Å²) in [6.45, 7) is 0.605. The molecule has 6 nitrogen and oxygen atoms in total. The molecule has 0 aliphatic heterocycles. The van der Waals surface area contributed by atoms with Crippen LogP contribution in [0.5, 0.6) is 17.2 Å². The van der Waals surface area contributed by atoms with E-state index in [-0.39, 0.29) is 17.2 Å². The minimum Gasteiger partial charge on any atom is -0.490 e. The van der Waals surface area contributed by atoms with Crippen LogP contribution in [0.15, 0.2) is 42.5 Å². The van der Waals surface area contributed by atoms with Crippen LogP contribution in [0.3, 0.4) is 0 Å². The third kappa shape index (κ3) is 3.29. The topological polar surface area (TPSA) is 73.6 Å². The monoisotopic (exact) mass is 288 g/mol. The lowest BCUT2D eigenvalue weighted by molar-refractivity contribution is -0.386. The van der Waals surface area contributed by atoms with Crippen LogP contribution in [0, 0.1) is 10.1 Å². The van der Waals surface area contributed by atoms with Gasteiger partial charge in [-0.15, -0.1) is 0 Å². The minimum atomic E-state index is -0.505. The average Bonchev–Trinajstić information content (AvgIpc) is 2.49. The quantitative estimate of drug-likeness (QED) is 0.653. The number of hydrogen-bond donors (Lipinski definition) is 1. The molecule has 0 saturated carbocycles. The summed E-state index contributed by atoms with van der Waals surface area (Å²) in [5.41, 5.74) is 0.733. The van der Waals surface area contributed by atoms with Gasteiger partial charge in [-0.3, -0.25) is 10.1 Å². The van der Waals surface area contributed by atoms with Crippen LogP contribution in [-0.4, -0.2) is 19.1 Å². The Kier molecular flexibility index (Phi) is 4.73. The fourth-order valence-electron chi connectivity index (χ4n) is 1.99. The van der Waals surface area contributed by atoms with Gasteiger partial charge in [0, 0.05) is 12.1 Å². The van der Waals surface area contributed by atoms with Crippen LogP contribution < -0.4 is 14.8 Å². The molecule has 0 amide bonds. The van der Waals surface area contributed by atoms with Crippen molar-refractivity contribution >= 4 is 5.69 Å². The molecule has 110 valence electrons. The van der Waals surface area contributed by atoms with E-state index in [4.69, 9.17) is 9.47 Å². The molecule has 0 atom stereocenters. The zero-order chi connectivity index (χ0) is 15.2. The van der Waals surface area contributed by atoms with Crippen LogP contribution in [-0.2, 0) is 6.54 Å². The van der Waals surface area contributed by atoms with Gasteiger partial charge in [-0.2, -0.15) is 0 Å². The van der Waals surface area contributed by atoms with E-state index in [0.717, 1.165) is 5.56 Å². The van der Waals surface area contributed by atoms with Crippen molar-refractivity contribution in [1.29, 1.82) is 0 Å². The molecule has 0 unspecified atom stereocenters. The molecule has 0 aromatic heterocycles. The van der Waals surface area contributed by atoms with Crippen LogP contribution in [0.2, 0.25) is 0 Å². The summed E-state index contributed by atoms with van der Waals surface area (Å²) in [4.78, 5) is 10.7. The molecule has 0 aliphatic carbocycles. The molecule has 2 rings (SSSR count). The molecule has 0 radical (unpaired) electrons. The first-order valence-corrected chi connectivity index (χ1v) is 6.39. The third-order valence-corrected chi connectivity index (χ3v) is 2.92. The van der Waals surface area contributed by atoms with Crippen LogP contribution >= 0.6 is 0 Å². The van der Waals surface area contributed by atoms with E-state index in [9.17, 15) is 10.1 Å². The number of methoxy groups -OCH3 is 1. The first kappa shape index (κ1) is 14.8. The van der Waals surface area contributed by atoms with Crippen molar-refractivity contribution in [3.05, 3.63) is 58.1 Å². The Morgan fingerprint density at radius 1 is 1.10 bits per heavy atom. The van der Waals surface area contributed by atoms with E-state index in [0.29, 0.717) is 12.3 Å². The second kappa shape index (κ2) is 6.71. The molecule has 0 aliphatic rings. The lowest BCUT2D eigenvalue weighted by atomic mass is 10.2. The van der Waals surface area contributed by atoms with Gasteiger partial charge in [0.25, 0.3) is 0 Å². The van der Waals surface area contributed by atoms with E-state index < -0.39 is 4.92 Å². The summed E-state index contributed by atoms with van der Waals surface area (Å²) in [5, 5.41) is 14.3. The summed E-state index contributed by atoms with van der Waals surface area (Å²) in [6, 6.07) is 12.1. The van der Waals surface area contributed by atoms with Gasteiger partial charge in [0.1, 0.15) is 5.75 Å². The van der Waals surface area contributed by atoms with Crippen molar-refractivity contribution in [2.75, 3.05) is 14.2 Å². The Morgan fingerprint density at radius 2 is 1.76 bits per heavy atom. The zero-order valence-electron chi connectivity index (χ0n) is 11.8. The number of nitrogens with one attached hydrogen (secondary N) is 1. The van der Waals surface area contributed by atoms with Gasteiger partial charge in [0.2, 0.25) is 11.5 Å². The number of benzene rings is 2. The van der Waals surface area contributed by atoms with Crippen molar-refractivity contribution in [2.45, 2.75) is 6.54 Å².